The van der Waals surface area contributed by atoms with Gasteiger partial charge in [-0.2, -0.15) is 13.2 Å². The highest BCUT2D eigenvalue weighted by Crippen LogP contribution is 2.30. The third kappa shape index (κ3) is 5.04. The molecule has 7 nitrogen and oxygen atoms in total. The first kappa shape index (κ1) is 23.2. The number of pyridine rings is 1. The van der Waals surface area contributed by atoms with Crippen molar-refractivity contribution in [2.75, 3.05) is 13.2 Å². The van der Waals surface area contributed by atoms with Gasteiger partial charge in [-0.25, -0.2) is 9.37 Å². The van der Waals surface area contributed by atoms with Gasteiger partial charge < -0.3 is 14.1 Å². The largest absolute Gasteiger partial charge is 0.473 e. The first-order valence-electron chi connectivity index (χ1n) is 9.67. The van der Waals surface area contributed by atoms with E-state index in [0.717, 1.165) is 0 Å². The van der Waals surface area contributed by atoms with Crippen molar-refractivity contribution < 1.29 is 31.5 Å². The Hall–Kier alpha value is -3.50. The molecule has 3 aromatic rings. The molecule has 0 saturated carbocycles. The van der Waals surface area contributed by atoms with Crippen LogP contribution in [0.1, 0.15) is 35.7 Å². The Balaban J connectivity index is 1.76. The summed E-state index contributed by atoms with van der Waals surface area (Å²) in [5.41, 5.74) is -0.433. The number of amides is 1. The van der Waals surface area contributed by atoms with Crippen LogP contribution in [0.3, 0.4) is 0 Å². The van der Waals surface area contributed by atoms with Crippen LogP contribution >= 0.6 is 0 Å². The minimum atomic E-state index is -4.71. The highest BCUT2D eigenvalue weighted by Gasteiger charge is 2.32. The van der Waals surface area contributed by atoms with E-state index in [9.17, 15) is 22.4 Å². The summed E-state index contributed by atoms with van der Waals surface area (Å²) in [4.78, 5) is 18.1. The van der Waals surface area contributed by atoms with E-state index in [1.54, 1.807) is 45.0 Å². The van der Waals surface area contributed by atoms with Gasteiger partial charge in [0.25, 0.3) is 5.91 Å². The molecule has 0 aliphatic rings. The quantitative estimate of drug-likeness (QED) is 0.490. The van der Waals surface area contributed by atoms with Crippen molar-refractivity contribution in [2.45, 2.75) is 33.0 Å². The zero-order chi connectivity index (χ0) is 23.5. The molecule has 0 bridgehead atoms. The fraction of sp³-hybridized carbons (Fsp3) is 0.333. The number of aryl methyl sites for hydroxylation is 1. The molecule has 1 unspecified atom stereocenters. The van der Waals surface area contributed by atoms with Crippen LogP contribution < -0.4 is 4.74 Å². The predicted octanol–water partition coefficient (Wildman–Crippen LogP) is 4.53. The van der Waals surface area contributed by atoms with Gasteiger partial charge in [0, 0.05) is 19.7 Å². The SMILES string of the molecule is CCN(C(=O)c1ccccc1-c1nnc(C)o1)C(C)COc1ncc(C(F)(F)F)cc1F. The minimum Gasteiger partial charge on any atom is -0.473 e. The highest BCUT2D eigenvalue weighted by atomic mass is 19.4. The van der Waals surface area contributed by atoms with Crippen molar-refractivity contribution in [1.29, 1.82) is 0 Å². The average molecular weight is 452 g/mol. The monoisotopic (exact) mass is 452 g/mol. The van der Waals surface area contributed by atoms with Gasteiger partial charge in [-0.3, -0.25) is 4.79 Å². The summed E-state index contributed by atoms with van der Waals surface area (Å²) in [6.45, 7) is 5.17. The van der Waals surface area contributed by atoms with Crippen LogP contribution in [-0.2, 0) is 6.18 Å². The number of benzene rings is 1. The predicted molar refractivity (Wildman–Crippen MR) is 105 cm³/mol. The molecule has 0 radical (unpaired) electrons. The molecule has 170 valence electrons. The van der Waals surface area contributed by atoms with Crippen molar-refractivity contribution in [2.24, 2.45) is 0 Å². The number of halogens is 4. The van der Waals surface area contributed by atoms with E-state index in [2.05, 4.69) is 15.2 Å². The molecule has 0 N–H and O–H groups in total. The van der Waals surface area contributed by atoms with Crippen molar-refractivity contribution in [1.82, 2.24) is 20.1 Å². The van der Waals surface area contributed by atoms with Crippen molar-refractivity contribution in [3.8, 4) is 17.3 Å². The molecule has 1 amide bonds. The molecular weight excluding hydrogens is 432 g/mol. The van der Waals surface area contributed by atoms with E-state index < -0.39 is 29.5 Å². The fourth-order valence-electron chi connectivity index (χ4n) is 3.05. The molecule has 0 fully saturated rings. The van der Waals surface area contributed by atoms with Crippen molar-refractivity contribution in [3.63, 3.8) is 0 Å². The first-order chi connectivity index (χ1) is 15.1. The molecule has 0 spiro atoms. The summed E-state index contributed by atoms with van der Waals surface area (Å²) in [6, 6.07) is 6.48. The van der Waals surface area contributed by atoms with Crippen LogP contribution in [0.2, 0.25) is 0 Å². The summed E-state index contributed by atoms with van der Waals surface area (Å²) in [6.07, 6.45) is -4.22. The average Bonchev–Trinajstić information content (AvgIpc) is 3.18. The lowest BCUT2D eigenvalue weighted by molar-refractivity contribution is -0.138. The summed E-state index contributed by atoms with van der Waals surface area (Å²) < 4.78 is 62.7. The molecule has 1 aromatic carbocycles. The van der Waals surface area contributed by atoms with Gasteiger partial charge >= 0.3 is 6.18 Å². The van der Waals surface area contributed by atoms with E-state index in [1.165, 1.54) is 4.90 Å². The molecule has 3 rings (SSSR count). The topological polar surface area (TPSA) is 81.4 Å². The van der Waals surface area contributed by atoms with Gasteiger partial charge in [-0.1, -0.05) is 12.1 Å². The van der Waals surface area contributed by atoms with Gasteiger partial charge in [0.1, 0.15) is 6.61 Å². The zero-order valence-corrected chi connectivity index (χ0v) is 17.5. The van der Waals surface area contributed by atoms with Crippen molar-refractivity contribution >= 4 is 5.91 Å². The lowest BCUT2D eigenvalue weighted by Crippen LogP contribution is -2.42. The lowest BCUT2D eigenvalue weighted by atomic mass is 10.1. The maximum atomic E-state index is 14.0. The van der Waals surface area contributed by atoms with Crippen LogP contribution in [0.4, 0.5) is 17.6 Å². The summed E-state index contributed by atoms with van der Waals surface area (Å²) in [5, 5.41) is 7.74. The van der Waals surface area contributed by atoms with E-state index >= 15 is 0 Å². The molecule has 32 heavy (non-hydrogen) atoms. The molecule has 2 heterocycles. The summed E-state index contributed by atoms with van der Waals surface area (Å²) >= 11 is 0. The van der Waals surface area contributed by atoms with E-state index in [4.69, 9.17) is 9.15 Å². The lowest BCUT2D eigenvalue weighted by Gasteiger charge is -2.28. The first-order valence-corrected chi connectivity index (χ1v) is 9.67. The summed E-state index contributed by atoms with van der Waals surface area (Å²) in [5.74, 6) is -1.62. The number of hydrogen-bond donors (Lipinski definition) is 0. The van der Waals surface area contributed by atoms with Gasteiger partial charge in [-0.05, 0) is 32.0 Å². The Morgan fingerprint density at radius 3 is 2.56 bits per heavy atom. The number of aromatic nitrogens is 3. The van der Waals surface area contributed by atoms with Gasteiger partial charge in [0.05, 0.1) is 22.7 Å². The van der Waals surface area contributed by atoms with Gasteiger partial charge in [0.2, 0.25) is 17.7 Å². The number of carbonyl (C=O) groups is 1. The van der Waals surface area contributed by atoms with Crippen LogP contribution in [0.15, 0.2) is 40.9 Å². The van der Waals surface area contributed by atoms with Gasteiger partial charge in [-0.15, -0.1) is 10.2 Å². The third-order valence-electron chi connectivity index (χ3n) is 4.64. The van der Waals surface area contributed by atoms with Crippen LogP contribution in [0.25, 0.3) is 11.5 Å². The highest BCUT2D eigenvalue weighted by molar-refractivity contribution is 6.00. The summed E-state index contributed by atoms with van der Waals surface area (Å²) in [7, 11) is 0. The smallest absolute Gasteiger partial charge is 0.417 e. The maximum Gasteiger partial charge on any atom is 0.417 e. The Kier molecular flexibility index (Phi) is 6.75. The Morgan fingerprint density at radius 2 is 1.97 bits per heavy atom. The molecule has 0 saturated heterocycles. The molecule has 2 aromatic heterocycles. The Bertz CT molecular complexity index is 1100. The second-order valence-electron chi connectivity index (χ2n) is 6.93. The van der Waals surface area contributed by atoms with E-state index in [-0.39, 0.29) is 18.4 Å². The Morgan fingerprint density at radius 1 is 1.25 bits per heavy atom. The number of likely N-dealkylation sites (N-methyl/N-ethyl adjacent to an activating group) is 1. The van der Waals surface area contributed by atoms with E-state index in [1.807, 2.05) is 0 Å². The number of alkyl halides is 3. The van der Waals surface area contributed by atoms with Crippen LogP contribution in [-0.4, -0.2) is 45.2 Å². The third-order valence-corrected chi connectivity index (χ3v) is 4.64. The van der Waals surface area contributed by atoms with Gasteiger partial charge in [0.15, 0.2) is 5.82 Å². The molecule has 0 aliphatic carbocycles. The second-order valence-corrected chi connectivity index (χ2v) is 6.93. The maximum absolute atomic E-state index is 14.0. The standard InChI is InChI=1S/C21H20F4N4O3/c1-4-29(12(2)11-31-19-17(22)9-14(10-26-19)21(23,24)25)20(30)16-8-6-5-7-15(16)18-28-27-13(3)32-18/h5-10,12H,4,11H2,1-3H3. The molecule has 1 atom stereocenters. The fourth-order valence-corrected chi connectivity index (χ4v) is 3.05. The number of ether oxygens (including phenoxy) is 1. The van der Waals surface area contributed by atoms with Crippen molar-refractivity contribution in [3.05, 3.63) is 59.4 Å². The number of rotatable bonds is 7. The van der Waals surface area contributed by atoms with E-state index in [0.29, 0.717) is 35.8 Å². The van der Waals surface area contributed by atoms with Crippen LogP contribution in [0.5, 0.6) is 5.88 Å². The minimum absolute atomic E-state index is 0.184. The molecule has 11 heteroatoms. The Labute approximate surface area is 181 Å². The number of hydrogen-bond acceptors (Lipinski definition) is 6. The molecular formula is C21H20F4N4O3. The molecule has 0 aliphatic heterocycles. The number of carbonyl (C=O) groups excluding carboxylic acids is 1. The normalized spacial score (nSPS) is 12.5. The van der Waals surface area contributed by atoms with Crippen LogP contribution in [0, 0.1) is 12.7 Å². The zero-order valence-electron chi connectivity index (χ0n) is 17.5. The number of nitrogens with zero attached hydrogens (tertiary/aromatic N) is 4. The second kappa shape index (κ2) is 9.33.